The lowest BCUT2D eigenvalue weighted by Gasteiger charge is -2.19. The van der Waals surface area contributed by atoms with Gasteiger partial charge in [0.15, 0.2) is 0 Å². The summed E-state index contributed by atoms with van der Waals surface area (Å²) in [6.45, 7) is 4.04. The first-order valence-electron chi connectivity index (χ1n) is 13.0. The SMILES string of the molecule is Cc1cccc(C[C@H](O)/C=C/[C@@H]2[C@H]3CC(CCCCCNCc4ccncc4)=C[C@H]3C[C@H]2O)c1. The van der Waals surface area contributed by atoms with Gasteiger partial charge in [-0.15, -0.1) is 0 Å². The van der Waals surface area contributed by atoms with E-state index < -0.39 is 6.10 Å². The lowest BCUT2D eigenvalue weighted by atomic mass is 9.88. The fourth-order valence-corrected chi connectivity index (χ4v) is 5.71. The Kier molecular flexibility index (Phi) is 9.09. The van der Waals surface area contributed by atoms with Crippen LogP contribution in [0.5, 0.6) is 0 Å². The molecule has 4 rings (SSSR count). The fraction of sp³-hybridized carbons (Fsp3) is 0.500. The van der Waals surface area contributed by atoms with Crippen LogP contribution in [0.15, 0.2) is 72.6 Å². The van der Waals surface area contributed by atoms with Crippen LogP contribution in [-0.2, 0) is 13.0 Å². The van der Waals surface area contributed by atoms with Crippen molar-refractivity contribution in [3.8, 4) is 0 Å². The van der Waals surface area contributed by atoms with Crippen LogP contribution in [0.25, 0.3) is 0 Å². The maximum Gasteiger partial charge on any atom is 0.0761 e. The van der Waals surface area contributed by atoms with Gasteiger partial charge in [-0.2, -0.15) is 0 Å². The second-order valence-electron chi connectivity index (χ2n) is 10.2. The topological polar surface area (TPSA) is 65.4 Å². The van der Waals surface area contributed by atoms with Gasteiger partial charge in [-0.25, -0.2) is 0 Å². The third-order valence-electron chi connectivity index (χ3n) is 7.46. The van der Waals surface area contributed by atoms with Gasteiger partial charge in [0.2, 0.25) is 0 Å². The number of benzene rings is 1. The Morgan fingerprint density at radius 2 is 1.97 bits per heavy atom. The van der Waals surface area contributed by atoms with Crippen molar-refractivity contribution in [2.45, 2.75) is 70.6 Å². The number of hydrogen-bond acceptors (Lipinski definition) is 4. The highest BCUT2D eigenvalue weighted by atomic mass is 16.3. The molecule has 0 bridgehead atoms. The molecular weight excluding hydrogens is 420 g/mol. The first-order valence-corrected chi connectivity index (χ1v) is 13.0. The van der Waals surface area contributed by atoms with Crippen molar-refractivity contribution in [2.75, 3.05) is 6.54 Å². The predicted molar refractivity (Wildman–Crippen MR) is 138 cm³/mol. The molecule has 2 aliphatic carbocycles. The number of aliphatic hydroxyl groups excluding tert-OH is 2. The van der Waals surface area contributed by atoms with Gasteiger partial charge in [0.05, 0.1) is 12.2 Å². The summed E-state index contributed by atoms with van der Waals surface area (Å²) in [4.78, 5) is 4.06. The molecule has 0 radical (unpaired) electrons. The number of aryl methyl sites for hydroxylation is 1. The van der Waals surface area contributed by atoms with Crippen LogP contribution in [0, 0.1) is 24.7 Å². The van der Waals surface area contributed by atoms with Crippen molar-refractivity contribution in [2.24, 2.45) is 17.8 Å². The van der Waals surface area contributed by atoms with E-state index in [1.165, 1.54) is 36.8 Å². The first-order chi connectivity index (χ1) is 16.6. The highest BCUT2D eigenvalue weighted by Gasteiger charge is 2.43. The average Bonchev–Trinajstić information content (AvgIpc) is 3.34. The van der Waals surface area contributed by atoms with Crippen LogP contribution in [0.2, 0.25) is 0 Å². The van der Waals surface area contributed by atoms with E-state index in [1.54, 1.807) is 5.57 Å². The van der Waals surface area contributed by atoms with Crippen molar-refractivity contribution >= 4 is 0 Å². The van der Waals surface area contributed by atoms with E-state index in [0.717, 1.165) is 31.5 Å². The van der Waals surface area contributed by atoms with Gasteiger partial charge in [-0.1, -0.05) is 60.1 Å². The number of aliphatic hydroxyl groups is 2. The summed E-state index contributed by atoms with van der Waals surface area (Å²) in [6.07, 6.45) is 16.8. The molecule has 1 saturated carbocycles. The maximum absolute atomic E-state index is 10.6. The number of nitrogens with one attached hydrogen (secondary N) is 1. The minimum Gasteiger partial charge on any atom is -0.392 e. The second-order valence-corrected chi connectivity index (χ2v) is 10.2. The Balaban J connectivity index is 1.15. The lowest BCUT2D eigenvalue weighted by molar-refractivity contribution is 0.140. The molecule has 34 heavy (non-hydrogen) atoms. The molecule has 182 valence electrons. The molecule has 0 aliphatic heterocycles. The van der Waals surface area contributed by atoms with E-state index >= 15 is 0 Å². The zero-order chi connectivity index (χ0) is 23.8. The number of aromatic nitrogens is 1. The molecule has 4 nitrogen and oxygen atoms in total. The number of hydrogen-bond donors (Lipinski definition) is 3. The summed E-state index contributed by atoms with van der Waals surface area (Å²) in [6, 6.07) is 12.4. The van der Waals surface area contributed by atoms with Crippen molar-refractivity contribution in [3.05, 3.63) is 89.3 Å². The summed E-state index contributed by atoms with van der Waals surface area (Å²) in [5.41, 5.74) is 5.23. The zero-order valence-corrected chi connectivity index (χ0v) is 20.4. The molecule has 3 N–H and O–H groups in total. The summed E-state index contributed by atoms with van der Waals surface area (Å²) in [5, 5.41) is 24.7. The zero-order valence-electron chi connectivity index (χ0n) is 20.4. The molecule has 4 heteroatoms. The van der Waals surface area contributed by atoms with Crippen LogP contribution in [0.3, 0.4) is 0 Å². The summed E-state index contributed by atoms with van der Waals surface area (Å²) < 4.78 is 0. The second kappa shape index (κ2) is 12.4. The highest BCUT2D eigenvalue weighted by molar-refractivity contribution is 5.24. The molecule has 0 spiro atoms. The van der Waals surface area contributed by atoms with E-state index in [0.29, 0.717) is 18.3 Å². The van der Waals surface area contributed by atoms with Gasteiger partial charge in [0, 0.05) is 31.3 Å². The highest BCUT2D eigenvalue weighted by Crippen LogP contribution is 2.48. The van der Waals surface area contributed by atoms with Crippen molar-refractivity contribution in [3.63, 3.8) is 0 Å². The van der Waals surface area contributed by atoms with Crippen LogP contribution in [0.1, 0.15) is 55.2 Å². The summed E-state index contributed by atoms with van der Waals surface area (Å²) in [7, 11) is 0. The van der Waals surface area contributed by atoms with E-state index in [1.807, 2.05) is 24.5 Å². The Hall–Kier alpha value is -2.27. The molecular formula is C30H40N2O2. The van der Waals surface area contributed by atoms with Crippen LogP contribution < -0.4 is 5.32 Å². The molecule has 1 aromatic carbocycles. The van der Waals surface area contributed by atoms with Crippen molar-refractivity contribution in [1.29, 1.82) is 0 Å². The van der Waals surface area contributed by atoms with Crippen molar-refractivity contribution in [1.82, 2.24) is 10.3 Å². The number of unbranched alkanes of at least 4 members (excludes halogenated alkanes) is 2. The van der Waals surface area contributed by atoms with E-state index in [9.17, 15) is 10.2 Å². The van der Waals surface area contributed by atoms with Gasteiger partial charge in [-0.05, 0) is 80.7 Å². The molecule has 2 aliphatic rings. The van der Waals surface area contributed by atoms with Gasteiger partial charge in [0.1, 0.15) is 0 Å². The Morgan fingerprint density at radius 1 is 1.12 bits per heavy atom. The van der Waals surface area contributed by atoms with Gasteiger partial charge >= 0.3 is 0 Å². The molecule has 0 unspecified atom stereocenters. The van der Waals surface area contributed by atoms with Gasteiger partial charge in [0.25, 0.3) is 0 Å². The molecule has 0 saturated heterocycles. The maximum atomic E-state index is 10.6. The normalized spacial score (nSPS) is 25.0. The number of fused-ring (bicyclic) bond motifs is 1. The van der Waals surface area contributed by atoms with E-state index in [-0.39, 0.29) is 12.0 Å². The van der Waals surface area contributed by atoms with Gasteiger partial charge < -0.3 is 15.5 Å². The van der Waals surface area contributed by atoms with Crippen LogP contribution in [-0.4, -0.2) is 33.9 Å². The summed E-state index contributed by atoms with van der Waals surface area (Å²) in [5.74, 6) is 1.15. The largest absolute Gasteiger partial charge is 0.392 e. The molecule has 5 atom stereocenters. The fourth-order valence-electron chi connectivity index (χ4n) is 5.71. The Labute approximate surface area is 204 Å². The number of rotatable bonds is 12. The smallest absolute Gasteiger partial charge is 0.0761 e. The molecule has 1 fully saturated rings. The van der Waals surface area contributed by atoms with E-state index in [2.05, 4.69) is 59.7 Å². The van der Waals surface area contributed by atoms with Gasteiger partial charge in [-0.3, -0.25) is 4.98 Å². The number of pyridine rings is 1. The minimum absolute atomic E-state index is 0.156. The quantitative estimate of drug-likeness (QED) is 0.303. The molecule has 1 heterocycles. The Bertz CT molecular complexity index is 955. The average molecular weight is 461 g/mol. The first kappa shape index (κ1) is 24.8. The molecule has 2 aromatic rings. The number of nitrogens with zero attached hydrogens (tertiary/aromatic N) is 1. The Morgan fingerprint density at radius 3 is 2.79 bits per heavy atom. The minimum atomic E-state index is -0.506. The van der Waals surface area contributed by atoms with Crippen LogP contribution >= 0.6 is 0 Å². The number of allylic oxidation sites excluding steroid dienone is 2. The van der Waals surface area contributed by atoms with Crippen LogP contribution in [0.4, 0.5) is 0 Å². The third-order valence-corrected chi connectivity index (χ3v) is 7.46. The predicted octanol–water partition coefficient (Wildman–Crippen LogP) is 5.14. The molecule has 1 aromatic heterocycles. The standard InChI is InChI=1S/C30H40N2O2/c1-22-6-5-8-24(16-22)18-27(33)9-10-28-29-19-25(17-26(29)20-30(28)34)7-3-2-4-13-32-21-23-11-14-31-15-12-23/h5-6,8-12,14-17,26-30,32-34H,2-4,7,13,18-21H2,1H3/b10-9+/t26-,27+,28+,29-,30+/m0/s1. The monoisotopic (exact) mass is 460 g/mol. The lowest BCUT2D eigenvalue weighted by Crippen LogP contribution is -2.18. The molecule has 0 amide bonds. The summed E-state index contributed by atoms with van der Waals surface area (Å²) >= 11 is 0. The third kappa shape index (κ3) is 7.11. The van der Waals surface area contributed by atoms with Crippen molar-refractivity contribution < 1.29 is 10.2 Å². The van der Waals surface area contributed by atoms with E-state index in [4.69, 9.17) is 0 Å².